The molecule has 0 fully saturated rings. The molecular weight excluding hydrogens is 272 g/mol. The second kappa shape index (κ2) is 7.23. The summed E-state index contributed by atoms with van der Waals surface area (Å²) in [5.41, 5.74) is 5.92. The van der Waals surface area contributed by atoms with E-state index in [-0.39, 0.29) is 11.9 Å². The third-order valence-electron chi connectivity index (χ3n) is 3.89. The minimum absolute atomic E-state index is 0.0482. The Bertz CT molecular complexity index is 664. The van der Waals surface area contributed by atoms with Crippen LogP contribution in [0.2, 0.25) is 0 Å². The minimum atomic E-state index is -0.0482. The molecular formula is C19H24N2O. The highest BCUT2D eigenvalue weighted by Crippen LogP contribution is 2.18. The van der Waals surface area contributed by atoms with E-state index in [4.69, 9.17) is 0 Å². The lowest BCUT2D eigenvalue weighted by Crippen LogP contribution is -2.18. The van der Waals surface area contributed by atoms with Crippen molar-refractivity contribution in [3.63, 3.8) is 0 Å². The molecule has 0 bridgehead atoms. The van der Waals surface area contributed by atoms with Gasteiger partial charge in [-0.1, -0.05) is 30.3 Å². The van der Waals surface area contributed by atoms with Gasteiger partial charge in [0.25, 0.3) is 0 Å². The summed E-state index contributed by atoms with van der Waals surface area (Å²) in [7, 11) is 0. The van der Waals surface area contributed by atoms with Gasteiger partial charge in [0.15, 0.2) is 0 Å². The van der Waals surface area contributed by atoms with Gasteiger partial charge in [-0.2, -0.15) is 0 Å². The smallest absolute Gasteiger partial charge is 0.221 e. The third kappa shape index (κ3) is 4.43. The van der Waals surface area contributed by atoms with Gasteiger partial charge >= 0.3 is 0 Å². The fourth-order valence-corrected chi connectivity index (χ4v) is 2.39. The molecule has 2 rings (SSSR count). The molecule has 116 valence electrons. The molecule has 1 atom stereocenters. The van der Waals surface area contributed by atoms with Crippen LogP contribution in [0.5, 0.6) is 0 Å². The van der Waals surface area contributed by atoms with Crippen LogP contribution >= 0.6 is 0 Å². The molecule has 2 aromatic rings. The number of anilines is 1. The monoisotopic (exact) mass is 296 g/mol. The zero-order chi connectivity index (χ0) is 16.1. The first-order valence-corrected chi connectivity index (χ1v) is 7.63. The quantitative estimate of drug-likeness (QED) is 0.871. The van der Waals surface area contributed by atoms with Gasteiger partial charge in [-0.05, 0) is 55.2 Å². The summed E-state index contributed by atoms with van der Waals surface area (Å²) in [5.74, 6) is -0.0482. The highest BCUT2D eigenvalue weighted by Gasteiger charge is 2.06. The van der Waals surface area contributed by atoms with Crippen LogP contribution in [0, 0.1) is 13.8 Å². The maximum Gasteiger partial charge on any atom is 0.221 e. The van der Waals surface area contributed by atoms with E-state index < -0.39 is 0 Å². The van der Waals surface area contributed by atoms with Crippen LogP contribution in [-0.2, 0) is 11.3 Å². The number of carbonyl (C=O) groups is 1. The summed E-state index contributed by atoms with van der Waals surface area (Å²) in [6.45, 7) is 8.75. The number of carbonyl (C=O) groups excluding carboxylic acids is 1. The van der Waals surface area contributed by atoms with Gasteiger partial charge in [0.1, 0.15) is 0 Å². The Balaban J connectivity index is 2.01. The molecule has 0 aromatic heterocycles. The molecule has 0 saturated carbocycles. The number of rotatable bonds is 5. The van der Waals surface area contributed by atoms with E-state index in [0.717, 1.165) is 17.8 Å². The fourth-order valence-electron chi connectivity index (χ4n) is 2.39. The molecule has 0 spiro atoms. The normalized spacial score (nSPS) is 12.0. The number of hydrogen-bond donors (Lipinski definition) is 2. The molecule has 0 aliphatic carbocycles. The van der Waals surface area contributed by atoms with Crippen LogP contribution in [0.4, 0.5) is 5.69 Å². The van der Waals surface area contributed by atoms with Gasteiger partial charge in [-0.3, -0.25) is 4.79 Å². The summed E-state index contributed by atoms with van der Waals surface area (Å²) in [6.07, 6.45) is 0. The lowest BCUT2D eigenvalue weighted by molar-refractivity contribution is -0.114. The van der Waals surface area contributed by atoms with Crippen molar-refractivity contribution in [1.29, 1.82) is 0 Å². The van der Waals surface area contributed by atoms with E-state index in [1.54, 1.807) is 0 Å². The molecule has 0 aliphatic heterocycles. The van der Waals surface area contributed by atoms with E-state index in [1.807, 2.05) is 18.2 Å². The number of benzene rings is 2. The average molecular weight is 296 g/mol. The first-order chi connectivity index (χ1) is 10.5. The van der Waals surface area contributed by atoms with Crippen molar-refractivity contribution in [2.75, 3.05) is 5.32 Å². The largest absolute Gasteiger partial charge is 0.326 e. The van der Waals surface area contributed by atoms with E-state index in [2.05, 4.69) is 55.7 Å². The van der Waals surface area contributed by atoms with E-state index in [0.29, 0.717) is 0 Å². The first kappa shape index (κ1) is 16.2. The number of hydrogen-bond acceptors (Lipinski definition) is 2. The summed E-state index contributed by atoms with van der Waals surface area (Å²) in [5, 5.41) is 6.35. The lowest BCUT2D eigenvalue weighted by Gasteiger charge is -2.16. The number of nitrogens with one attached hydrogen (secondary N) is 2. The molecule has 0 radical (unpaired) electrons. The maximum atomic E-state index is 11.1. The summed E-state index contributed by atoms with van der Waals surface area (Å²) >= 11 is 0. The highest BCUT2D eigenvalue weighted by atomic mass is 16.1. The van der Waals surface area contributed by atoms with Crippen molar-refractivity contribution < 1.29 is 4.79 Å². The number of amides is 1. The van der Waals surface area contributed by atoms with Gasteiger partial charge in [0, 0.05) is 25.2 Å². The van der Waals surface area contributed by atoms with E-state index in [1.165, 1.54) is 23.6 Å². The minimum Gasteiger partial charge on any atom is -0.326 e. The van der Waals surface area contributed by atoms with Crippen LogP contribution < -0.4 is 10.6 Å². The Morgan fingerprint density at radius 1 is 1.09 bits per heavy atom. The van der Waals surface area contributed by atoms with Crippen molar-refractivity contribution in [2.45, 2.75) is 40.3 Å². The zero-order valence-corrected chi connectivity index (χ0v) is 13.7. The average Bonchev–Trinajstić information content (AvgIpc) is 2.48. The molecule has 0 heterocycles. The standard InChI is InChI=1S/C19H24N2O/c1-13-8-9-17(10-14(13)2)12-20-15(3)18-6-5-7-19(11-18)21-16(4)22/h5-11,15,20H,12H2,1-4H3,(H,21,22). The molecule has 3 nitrogen and oxygen atoms in total. The van der Waals surface area contributed by atoms with Gasteiger partial charge in [0.05, 0.1) is 0 Å². The van der Waals surface area contributed by atoms with Crippen LogP contribution in [0.25, 0.3) is 0 Å². The van der Waals surface area contributed by atoms with E-state index >= 15 is 0 Å². The Labute approximate surface area is 132 Å². The van der Waals surface area contributed by atoms with Gasteiger partial charge in [0.2, 0.25) is 5.91 Å². The third-order valence-corrected chi connectivity index (χ3v) is 3.89. The summed E-state index contributed by atoms with van der Waals surface area (Å²) in [4.78, 5) is 11.1. The van der Waals surface area contributed by atoms with Crippen molar-refractivity contribution in [2.24, 2.45) is 0 Å². The highest BCUT2D eigenvalue weighted by molar-refractivity contribution is 5.88. The summed E-state index contributed by atoms with van der Waals surface area (Å²) < 4.78 is 0. The van der Waals surface area contributed by atoms with Gasteiger partial charge < -0.3 is 10.6 Å². The van der Waals surface area contributed by atoms with Crippen LogP contribution in [0.15, 0.2) is 42.5 Å². The Kier molecular flexibility index (Phi) is 5.34. The van der Waals surface area contributed by atoms with Crippen molar-refractivity contribution in [3.8, 4) is 0 Å². The Morgan fingerprint density at radius 3 is 2.55 bits per heavy atom. The Hall–Kier alpha value is -2.13. The van der Waals surface area contributed by atoms with E-state index in [9.17, 15) is 4.79 Å². The first-order valence-electron chi connectivity index (χ1n) is 7.63. The van der Waals surface area contributed by atoms with Crippen molar-refractivity contribution >= 4 is 11.6 Å². The molecule has 3 heteroatoms. The second-order valence-electron chi connectivity index (χ2n) is 5.83. The molecule has 1 unspecified atom stereocenters. The molecule has 1 amide bonds. The SMILES string of the molecule is CC(=O)Nc1cccc(C(C)NCc2ccc(C)c(C)c2)c1. The Morgan fingerprint density at radius 2 is 1.86 bits per heavy atom. The molecule has 0 saturated heterocycles. The summed E-state index contributed by atoms with van der Waals surface area (Å²) in [6, 6.07) is 14.7. The number of aryl methyl sites for hydroxylation is 2. The van der Waals surface area contributed by atoms with Crippen LogP contribution in [-0.4, -0.2) is 5.91 Å². The van der Waals surface area contributed by atoms with Crippen molar-refractivity contribution in [3.05, 3.63) is 64.7 Å². The predicted octanol–water partition coefficient (Wildman–Crippen LogP) is 4.11. The molecule has 22 heavy (non-hydrogen) atoms. The topological polar surface area (TPSA) is 41.1 Å². The second-order valence-corrected chi connectivity index (χ2v) is 5.83. The van der Waals surface area contributed by atoms with Crippen LogP contribution in [0.3, 0.4) is 0 Å². The van der Waals surface area contributed by atoms with Crippen LogP contribution in [0.1, 0.15) is 42.1 Å². The van der Waals surface area contributed by atoms with Gasteiger partial charge in [-0.25, -0.2) is 0 Å². The fraction of sp³-hybridized carbons (Fsp3) is 0.316. The molecule has 2 aromatic carbocycles. The van der Waals surface area contributed by atoms with Gasteiger partial charge in [-0.15, -0.1) is 0 Å². The van der Waals surface area contributed by atoms with Crippen molar-refractivity contribution in [1.82, 2.24) is 5.32 Å². The predicted molar refractivity (Wildman–Crippen MR) is 91.9 cm³/mol. The lowest BCUT2D eigenvalue weighted by atomic mass is 10.0. The zero-order valence-electron chi connectivity index (χ0n) is 13.7. The maximum absolute atomic E-state index is 11.1. The molecule has 2 N–H and O–H groups in total. The molecule has 0 aliphatic rings.